The first-order valence-electron chi connectivity index (χ1n) is 15.3. The van der Waals surface area contributed by atoms with E-state index in [4.69, 9.17) is 15.0 Å². The van der Waals surface area contributed by atoms with E-state index < -0.39 is 0 Å². The van der Waals surface area contributed by atoms with Crippen molar-refractivity contribution in [1.82, 2.24) is 15.0 Å². The third-order valence-corrected chi connectivity index (χ3v) is 9.69. The van der Waals surface area contributed by atoms with E-state index in [1.54, 1.807) is 0 Å². The van der Waals surface area contributed by atoms with E-state index in [9.17, 15) is 0 Å². The fourth-order valence-electron chi connectivity index (χ4n) is 6.39. The van der Waals surface area contributed by atoms with Crippen molar-refractivity contribution in [3.05, 3.63) is 158 Å². The normalized spacial score (nSPS) is 11.5. The number of rotatable bonds is 5. The minimum Gasteiger partial charge on any atom is -0.309 e. The molecule has 3 aromatic heterocycles. The zero-order valence-electron chi connectivity index (χ0n) is 24.7. The van der Waals surface area contributed by atoms with Crippen molar-refractivity contribution in [1.29, 1.82) is 0 Å². The summed E-state index contributed by atoms with van der Waals surface area (Å²) in [4.78, 5) is 17.4. The summed E-state index contributed by atoms with van der Waals surface area (Å²) in [7, 11) is 0. The van der Waals surface area contributed by atoms with Gasteiger partial charge >= 0.3 is 0 Å². The average Bonchev–Trinajstić information content (AvgIpc) is 3.49. The number of anilines is 3. The third-order valence-electron chi connectivity index (χ3n) is 8.50. The van der Waals surface area contributed by atoms with E-state index >= 15 is 0 Å². The van der Waals surface area contributed by atoms with Crippen LogP contribution in [-0.4, -0.2) is 15.0 Å². The fraction of sp³-hybridized carbons (Fsp3) is 0. The quantitative estimate of drug-likeness (QED) is 0.195. The van der Waals surface area contributed by atoms with E-state index in [0.29, 0.717) is 5.82 Å². The van der Waals surface area contributed by atoms with E-state index in [0.717, 1.165) is 55.7 Å². The lowest BCUT2D eigenvalue weighted by molar-refractivity contribution is 1.23. The average molecular weight is 607 g/mol. The Hall–Kier alpha value is -5.91. The van der Waals surface area contributed by atoms with Crippen LogP contribution in [0.25, 0.3) is 64.6 Å². The second-order valence-electron chi connectivity index (χ2n) is 11.3. The lowest BCUT2D eigenvalue weighted by Crippen LogP contribution is -2.09. The molecule has 9 rings (SSSR count). The van der Waals surface area contributed by atoms with Gasteiger partial charge in [0.25, 0.3) is 0 Å². The molecule has 0 saturated heterocycles. The summed E-state index contributed by atoms with van der Waals surface area (Å²) < 4.78 is 2.43. The maximum atomic E-state index is 5.18. The first kappa shape index (κ1) is 26.5. The van der Waals surface area contributed by atoms with E-state index in [2.05, 4.69) is 132 Å². The molecule has 4 nitrogen and oxygen atoms in total. The van der Waals surface area contributed by atoms with Crippen LogP contribution in [0.15, 0.2) is 158 Å². The molecule has 0 aliphatic rings. The van der Waals surface area contributed by atoms with Crippen LogP contribution in [0.4, 0.5) is 17.1 Å². The van der Waals surface area contributed by atoms with Gasteiger partial charge < -0.3 is 4.90 Å². The van der Waals surface area contributed by atoms with Crippen LogP contribution in [-0.2, 0) is 0 Å². The van der Waals surface area contributed by atoms with Crippen LogP contribution in [0.1, 0.15) is 0 Å². The van der Waals surface area contributed by atoms with Gasteiger partial charge in [0.2, 0.25) is 0 Å². The van der Waals surface area contributed by atoms with Gasteiger partial charge in [-0.05, 0) is 54.6 Å². The highest BCUT2D eigenvalue weighted by molar-refractivity contribution is 7.26. The second-order valence-corrected chi connectivity index (χ2v) is 12.3. The van der Waals surface area contributed by atoms with Gasteiger partial charge in [-0.3, -0.25) is 4.98 Å². The highest BCUT2D eigenvalue weighted by Gasteiger charge is 2.19. The van der Waals surface area contributed by atoms with E-state index in [1.807, 2.05) is 41.8 Å². The summed E-state index contributed by atoms with van der Waals surface area (Å²) in [6, 6.07) is 52.9. The van der Waals surface area contributed by atoms with Crippen molar-refractivity contribution in [3.8, 4) is 22.6 Å². The molecule has 0 saturated carbocycles. The topological polar surface area (TPSA) is 41.9 Å². The summed E-state index contributed by atoms with van der Waals surface area (Å²) in [6.45, 7) is 0. The Bertz CT molecular complexity index is 2490. The summed E-state index contributed by atoms with van der Waals surface area (Å²) in [5.74, 6) is 0.699. The summed E-state index contributed by atoms with van der Waals surface area (Å²) in [5, 5.41) is 4.50. The van der Waals surface area contributed by atoms with Crippen LogP contribution in [0.5, 0.6) is 0 Å². The van der Waals surface area contributed by atoms with E-state index in [1.165, 1.54) is 20.2 Å². The maximum Gasteiger partial charge on any atom is 0.161 e. The predicted molar refractivity (Wildman–Crippen MR) is 193 cm³/mol. The molecule has 0 aliphatic heterocycles. The number of hydrogen-bond donors (Lipinski definition) is 0. The number of nitrogens with zero attached hydrogens (tertiary/aromatic N) is 4. The van der Waals surface area contributed by atoms with Gasteiger partial charge in [-0.15, -0.1) is 11.3 Å². The lowest BCUT2D eigenvalue weighted by Gasteiger charge is -2.25. The molecule has 0 radical (unpaired) electrons. The molecule has 0 atom stereocenters. The first-order chi connectivity index (χ1) is 22.8. The number of aromatic nitrogens is 3. The molecule has 0 amide bonds. The van der Waals surface area contributed by atoms with Gasteiger partial charge in [-0.2, -0.15) is 0 Å². The fourth-order valence-corrected chi connectivity index (χ4v) is 7.61. The molecule has 46 heavy (non-hydrogen) atoms. The minimum atomic E-state index is 0.699. The Morgan fingerprint density at radius 2 is 1.17 bits per heavy atom. The van der Waals surface area contributed by atoms with Crippen molar-refractivity contribution >= 4 is 70.4 Å². The number of pyridine rings is 1. The summed E-state index contributed by atoms with van der Waals surface area (Å²) in [5.41, 5.74) is 8.22. The molecule has 0 N–H and O–H groups in total. The van der Waals surface area contributed by atoms with Crippen molar-refractivity contribution in [2.45, 2.75) is 0 Å². The summed E-state index contributed by atoms with van der Waals surface area (Å²) in [6.07, 6.45) is 1.87. The lowest BCUT2D eigenvalue weighted by atomic mass is 10.0. The second kappa shape index (κ2) is 10.9. The van der Waals surface area contributed by atoms with Crippen LogP contribution in [0.3, 0.4) is 0 Å². The van der Waals surface area contributed by atoms with Crippen molar-refractivity contribution in [2.75, 3.05) is 4.90 Å². The monoisotopic (exact) mass is 606 g/mol. The van der Waals surface area contributed by atoms with Crippen LogP contribution < -0.4 is 4.90 Å². The van der Waals surface area contributed by atoms with Gasteiger partial charge in [0.15, 0.2) is 5.82 Å². The van der Waals surface area contributed by atoms with Crippen LogP contribution >= 0.6 is 11.3 Å². The molecule has 216 valence electrons. The standard InChI is InChI=1S/C41H26N4S/c1-4-13-27(14-5-1)39-32-19-10-11-21-35(32)43-41(44-39)31-23-24-42-36-25-34-30-20-12-22-37(40(30)46-38(34)26-33(31)36)45(28-15-6-2-7-16-28)29-17-8-3-9-18-29/h1-26H. The van der Waals surface area contributed by atoms with Crippen LogP contribution in [0, 0.1) is 0 Å². The highest BCUT2D eigenvalue weighted by Crippen LogP contribution is 2.46. The molecule has 0 aliphatic carbocycles. The molecule has 0 spiro atoms. The zero-order chi connectivity index (χ0) is 30.5. The number of para-hydroxylation sites is 3. The molecule has 3 heterocycles. The molecule has 0 unspecified atom stereocenters. The van der Waals surface area contributed by atoms with Gasteiger partial charge in [-0.1, -0.05) is 97.1 Å². The zero-order valence-corrected chi connectivity index (χ0v) is 25.5. The van der Waals surface area contributed by atoms with Crippen molar-refractivity contribution in [3.63, 3.8) is 0 Å². The van der Waals surface area contributed by atoms with Crippen molar-refractivity contribution in [2.24, 2.45) is 0 Å². The highest BCUT2D eigenvalue weighted by atomic mass is 32.1. The predicted octanol–water partition coefficient (Wildman–Crippen LogP) is 11.3. The number of thiophene rings is 1. The van der Waals surface area contributed by atoms with Gasteiger partial charge in [0.1, 0.15) is 0 Å². The Morgan fingerprint density at radius 3 is 1.93 bits per heavy atom. The van der Waals surface area contributed by atoms with Gasteiger partial charge in [0, 0.05) is 54.9 Å². The molecule has 6 aromatic carbocycles. The Kier molecular flexibility index (Phi) is 6.28. The smallest absolute Gasteiger partial charge is 0.161 e. The van der Waals surface area contributed by atoms with Gasteiger partial charge in [-0.25, -0.2) is 9.97 Å². The van der Waals surface area contributed by atoms with Crippen molar-refractivity contribution < 1.29 is 0 Å². The van der Waals surface area contributed by atoms with E-state index in [-0.39, 0.29) is 0 Å². The molecule has 5 heteroatoms. The molecular weight excluding hydrogens is 581 g/mol. The maximum absolute atomic E-state index is 5.18. The SMILES string of the molecule is c1ccc(-c2nc(-c3ccnc4cc5c(cc34)sc3c(N(c4ccccc4)c4ccccc4)cccc35)nc3ccccc23)cc1. The Labute approximate surface area is 269 Å². The number of hydrogen-bond acceptors (Lipinski definition) is 5. The summed E-state index contributed by atoms with van der Waals surface area (Å²) >= 11 is 1.82. The molecule has 0 bridgehead atoms. The number of benzene rings is 6. The Morgan fingerprint density at radius 1 is 0.500 bits per heavy atom. The van der Waals surface area contributed by atoms with Gasteiger partial charge in [0.05, 0.1) is 27.1 Å². The van der Waals surface area contributed by atoms with Crippen LogP contribution in [0.2, 0.25) is 0 Å². The third kappa shape index (κ3) is 4.40. The molecule has 0 fully saturated rings. The molecular formula is C41H26N4S. The minimum absolute atomic E-state index is 0.699. The number of fused-ring (bicyclic) bond motifs is 5. The molecule has 9 aromatic rings. The Balaban J connectivity index is 1.27. The first-order valence-corrected chi connectivity index (χ1v) is 16.1. The largest absolute Gasteiger partial charge is 0.309 e.